The fourth-order valence-electron chi connectivity index (χ4n) is 3.24. The van der Waals surface area contributed by atoms with Gasteiger partial charge in [-0.25, -0.2) is 4.39 Å². The number of hydrogen-bond donors (Lipinski definition) is 2. The second-order valence-corrected chi connectivity index (χ2v) is 6.81. The average molecular weight is 506 g/mol. The average Bonchev–Trinajstić information content (AvgIpc) is 2.70. The van der Waals surface area contributed by atoms with Crippen LogP contribution in [-0.2, 0) is 4.79 Å². The number of para-hydroxylation sites is 1. The van der Waals surface area contributed by atoms with Crippen LogP contribution in [0.15, 0.2) is 29.3 Å². The molecular formula is C20H32FIN4O2. The Labute approximate surface area is 184 Å². The molecule has 0 saturated carbocycles. The summed E-state index contributed by atoms with van der Waals surface area (Å²) in [4.78, 5) is 18.1. The smallest absolute Gasteiger partial charge is 0.220 e. The van der Waals surface area contributed by atoms with Gasteiger partial charge in [-0.1, -0.05) is 19.1 Å². The number of ether oxygens (including phenoxy) is 1. The lowest BCUT2D eigenvalue weighted by Gasteiger charge is -2.34. The highest BCUT2D eigenvalue weighted by Crippen LogP contribution is 2.21. The van der Waals surface area contributed by atoms with E-state index in [-0.39, 0.29) is 47.6 Å². The summed E-state index contributed by atoms with van der Waals surface area (Å²) in [6, 6.07) is 6.46. The number of halogens is 2. The molecule has 0 aliphatic carbocycles. The Balaban J connectivity index is 0.00000392. The fraction of sp³-hybridized carbons (Fsp3) is 0.600. The summed E-state index contributed by atoms with van der Waals surface area (Å²) in [6.07, 6.45) is 3.13. The van der Waals surface area contributed by atoms with Crippen LogP contribution in [0.3, 0.4) is 0 Å². The molecule has 1 unspecified atom stereocenters. The van der Waals surface area contributed by atoms with E-state index in [1.54, 1.807) is 32.3 Å². The lowest BCUT2D eigenvalue weighted by molar-refractivity contribution is -0.121. The van der Waals surface area contributed by atoms with E-state index in [9.17, 15) is 9.18 Å². The number of aliphatic imine (C=N–C) groups is 1. The van der Waals surface area contributed by atoms with Crippen LogP contribution in [0.5, 0.6) is 5.75 Å². The van der Waals surface area contributed by atoms with Crippen molar-refractivity contribution in [2.45, 2.75) is 38.7 Å². The Kier molecular flexibility index (Phi) is 11.2. The van der Waals surface area contributed by atoms with Crippen LogP contribution < -0.4 is 15.4 Å². The summed E-state index contributed by atoms with van der Waals surface area (Å²) >= 11 is 0. The highest BCUT2D eigenvalue weighted by molar-refractivity contribution is 14.0. The first-order chi connectivity index (χ1) is 13.1. The first-order valence-corrected chi connectivity index (χ1v) is 9.64. The molecular weight excluding hydrogens is 474 g/mol. The van der Waals surface area contributed by atoms with Gasteiger partial charge in [0.25, 0.3) is 0 Å². The van der Waals surface area contributed by atoms with Crippen molar-refractivity contribution >= 4 is 35.8 Å². The molecule has 0 aromatic heterocycles. The molecule has 0 radical (unpaired) electrons. The number of amides is 1. The van der Waals surface area contributed by atoms with Crippen molar-refractivity contribution in [3.8, 4) is 5.75 Å². The number of carbonyl (C=O) groups is 1. The van der Waals surface area contributed by atoms with Crippen molar-refractivity contribution < 1.29 is 13.9 Å². The van der Waals surface area contributed by atoms with Gasteiger partial charge in [0.05, 0.1) is 6.54 Å². The SMILES string of the molecule is CCC(CNC(=NC)N1CCC(CC(=O)NC)CC1)Oc1ccccc1F.I. The molecule has 1 amide bonds. The van der Waals surface area contributed by atoms with Crippen LogP contribution in [0.1, 0.15) is 32.6 Å². The molecule has 28 heavy (non-hydrogen) atoms. The summed E-state index contributed by atoms with van der Waals surface area (Å²) in [6.45, 7) is 4.30. The van der Waals surface area contributed by atoms with Crippen molar-refractivity contribution in [1.82, 2.24) is 15.5 Å². The Bertz CT molecular complexity index is 636. The summed E-state index contributed by atoms with van der Waals surface area (Å²) < 4.78 is 19.6. The molecule has 0 spiro atoms. The van der Waals surface area contributed by atoms with Crippen LogP contribution in [0.25, 0.3) is 0 Å². The number of likely N-dealkylation sites (tertiary alicyclic amines) is 1. The third kappa shape index (κ3) is 7.44. The van der Waals surface area contributed by atoms with E-state index in [2.05, 4.69) is 20.5 Å². The lowest BCUT2D eigenvalue weighted by Crippen LogP contribution is -2.48. The molecule has 1 saturated heterocycles. The maximum Gasteiger partial charge on any atom is 0.220 e. The Morgan fingerprint density at radius 1 is 1.36 bits per heavy atom. The number of hydrogen-bond acceptors (Lipinski definition) is 3. The largest absolute Gasteiger partial charge is 0.486 e. The van der Waals surface area contributed by atoms with Gasteiger partial charge in [-0.15, -0.1) is 24.0 Å². The first kappa shape index (κ1) is 24.5. The van der Waals surface area contributed by atoms with E-state index in [0.717, 1.165) is 38.3 Å². The van der Waals surface area contributed by atoms with Crippen molar-refractivity contribution in [2.75, 3.05) is 33.7 Å². The fourth-order valence-corrected chi connectivity index (χ4v) is 3.24. The zero-order chi connectivity index (χ0) is 19.6. The molecule has 1 aromatic rings. The van der Waals surface area contributed by atoms with Crippen LogP contribution in [0.4, 0.5) is 4.39 Å². The maximum atomic E-state index is 13.8. The molecule has 1 heterocycles. The maximum absolute atomic E-state index is 13.8. The van der Waals surface area contributed by atoms with Crippen molar-refractivity contribution in [2.24, 2.45) is 10.9 Å². The van der Waals surface area contributed by atoms with Gasteiger partial charge in [0.1, 0.15) is 6.10 Å². The molecule has 2 rings (SSSR count). The first-order valence-electron chi connectivity index (χ1n) is 9.64. The number of benzene rings is 1. The Hall–Kier alpha value is -1.58. The summed E-state index contributed by atoms with van der Waals surface area (Å²) in [5.74, 6) is 1.28. The summed E-state index contributed by atoms with van der Waals surface area (Å²) in [7, 11) is 3.44. The lowest BCUT2D eigenvalue weighted by atomic mass is 9.93. The van der Waals surface area contributed by atoms with Gasteiger partial charge in [0, 0.05) is 33.6 Å². The van der Waals surface area contributed by atoms with E-state index < -0.39 is 0 Å². The number of nitrogens with one attached hydrogen (secondary N) is 2. The van der Waals surface area contributed by atoms with Gasteiger partial charge < -0.3 is 20.3 Å². The van der Waals surface area contributed by atoms with E-state index in [0.29, 0.717) is 18.9 Å². The van der Waals surface area contributed by atoms with Gasteiger partial charge in [-0.2, -0.15) is 0 Å². The van der Waals surface area contributed by atoms with Crippen molar-refractivity contribution in [3.05, 3.63) is 30.1 Å². The van der Waals surface area contributed by atoms with Gasteiger partial charge in [0.2, 0.25) is 5.91 Å². The molecule has 6 nitrogen and oxygen atoms in total. The minimum absolute atomic E-state index is 0. The van der Waals surface area contributed by atoms with Crippen LogP contribution in [0.2, 0.25) is 0 Å². The van der Waals surface area contributed by atoms with Gasteiger partial charge in [0.15, 0.2) is 17.5 Å². The number of rotatable bonds is 7. The molecule has 1 aromatic carbocycles. The second-order valence-electron chi connectivity index (χ2n) is 6.81. The predicted octanol–water partition coefficient (Wildman–Crippen LogP) is 3.02. The molecule has 1 fully saturated rings. The van der Waals surface area contributed by atoms with Crippen LogP contribution in [-0.4, -0.2) is 56.6 Å². The molecule has 1 aliphatic heterocycles. The van der Waals surface area contributed by atoms with Gasteiger partial charge in [-0.05, 0) is 37.3 Å². The second kappa shape index (κ2) is 12.8. The predicted molar refractivity (Wildman–Crippen MR) is 121 cm³/mol. The van der Waals surface area contributed by atoms with Crippen molar-refractivity contribution in [3.63, 3.8) is 0 Å². The third-order valence-electron chi connectivity index (χ3n) is 4.95. The van der Waals surface area contributed by atoms with E-state index in [1.807, 2.05) is 6.92 Å². The molecule has 1 aliphatic rings. The van der Waals surface area contributed by atoms with Crippen LogP contribution in [0, 0.1) is 11.7 Å². The normalized spacial score (nSPS) is 16.1. The summed E-state index contributed by atoms with van der Waals surface area (Å²) in [5.41, 5.74) is 0. The highest BCUT2D eigenvalue weighted by Gasteiger charge is 2.23. The van der Waals surface area contributed by atoms with Crippen molar-refractivity contribution in [1.29, 1.82) is 0 Å². The van der Waals surface area contributed by atoms with Gasteiger partial charge >= 0.3 is 0 Å². The quantitative estimate of drug-likeness (QED) is 0.339. The number of piperidine rings is 1. The number of guanidine groups is 1. The minimum Gasteiger partial charge on any atom is -0.486 e. The standard InChI is InChI=1S/C20H31FN4O2.HI/c1-4-16(27-18-8-6-5-7-17(18)21)14-24-20(23-3)25-11-9-15(10-12-25)13-19(26)22-2;/h5-8,15-16H,4,9-14H2,1-3H3,(H,22,26)(H,23,24);1H. The molecule has 2 N–H and O–H groups in total. The minimum atomic E-state index is -0.349. The zero-order valence-corrected chi connectivity index (χ0v) is 19.2. The zero-order valence-electron chi connectivity index (χ0n) is 16.9. The van der Waals surface area contributed by atoms with Crippen LogP contribution >= 0.6 is 24.0 Å². The molecule has 1 atom stereocenters. The van der Waals surface area contributed by atoms with Gasteiger partial charge in [-0.3, -0.25) is 9.79 Å². The number of carbonyl (C=O) groups excluding carboxylic acids is 1. The third-order valence-corrected chi connectivity index (χ3v) is 4.95. The van der Waals surface area contributed by atoms with E-state index in [1.165, 1.54) is 6.07 Å². The molecule has 8 heteroatoms. The Morgan fingerprint density at radius 3 is 2.61 bits per heavy atom. The number of nitrogens with zero attached hydrogens (tertiary/aromatic N) is 2. The molecule has 158 valence electrons. The highest BCUT2D eigenvalue weighted by atomic mass is 127. The van der Waals surface area contributed by atoms with E-state index in [4.69, 9.17) is 4.74 Å². The molecule has 0 bridgehead atoms. The topological polar surface area (TPSA) is 66.0 Å². The van der Waals surface area contributed by atoms with E-state index >= 15 is 0 Å². The Morgan fingerprint density at radius 2 is 2.04 bits per heavy atom. The summed E-state index contributed by atoms with van der Waals surface area (Å²) in [5, 5.41) is 6.04. The monoisotopic (exact) mass is 506 g/mol.